The van der Waals surface area contributed by atoms with Crippen LogP contribution in [0.5, 0.6) is 0 Å². The standard InChI is InChI=1S/C4H10O4.4C2H6O3S/c5-1-3(7)4(8)2-6;4*1-2-6(3,4)5/h3-8H,1-2H2;4*2H2,1H3,(H,3,4,5). The third-order valence-electron chi connectivity index (χ3n) is 2.28. The first-order valence-corrected chi connectivity index (χ1v) is 14.8. The average molecular weight is 563 g/mol. The van der Waals surface area contributed by atoms with Gasteiger partial charge in [0.2, 0.25) is 0 Å². The van der Waals surface area contributed by atoms with Gasteiger partial charge < -0.3 is 20.4 Å². The lowest BCUT2D eigenvalue weighted by atomic mass is 10.2. The van der Waals surface area contributed by atoms with Crippen LogP contribution in [0.15, 0.2) is 0 Å². The van der Waals surface area contributed by atoms with Gasteiger partial charge in [-0.2, -0.15) is 33.7 Å². The molecule has 32 heavy (non-hydrogen) atoms. The number of aliphatic hydroxyl groups is 4. The van der Waals surface area contributed by atoms with E-state index in [1.807, 2.05) is 0 Å². The monoisotopic (exact) mass is 562 g/mol. The molecule has 0 fully saturated rings. The molecule has 0 aliphatic heterocycles. The maximum absolute atomic E-state index is 9.56. The Hall–Kier alpha value is -0.520. The van der Waals surface area contributed by atoms with Crippen LogP contribution in [-0.4, -0.2) is 121 Å². The summed E-state index contributed by atoms with van der Waals surface area (Å²) < 4.78 is 108. The molecule has 0 rings (SSSR count). The normalized spacial score (nSPS) is 13.2. The van der Waals surface area contributed by atoms with E-state index in [1.54, 1.807) is 0 Å². The molecule has 0 spiro atoms. The summed E-state index contributed by atoms with van der Waals surface area (Å²) >= 11 is 0. The average Bonchev–Trinajstić information content (AvgIpc) is 2.66. The molecule has 8 N–H and O–H groups in total. The fourth-order valence-corrected chi connectivity index (χ4v) is 0.243. The highest BCUT2D eigenvalue weighted by atomic mass is 32.2. The molecular weight excluding hydrogens is 528 g/mol. The molecule has 0 aromatic heterocycles. The van der Waals surface area contributed by atoms with Crippen molar-refractivity contribution in [3.63, 3.8) is 0 Å². The van der Waals surface area contributed by atoms with Gasteiger partial charge in [0.25, 0.3) is 40.5 Å². The highest BCUT2D eigenvalue weighted by Gasteiger charge is 2.12. The molecule has 0 saturated heterocycles. The summed E-state index contributed by atoms with van der Waals surface area (Å²) in [6.45, 7) is 4.43. The van der Waals surface area contributed by atoms with Crippen molar-refractivity contribution >= 4 is 40.5 Å². The molecular formula is C12H34O16S4. The Balaban J connectivity index is -0.0000000955. The van der Waals surface area contributed by atoms with Crippen molar-refractivity contribution in [3.8, 4) is 0 Å². The zero-order valence-electron chi connectivity index (χ0n) is 17.9. The van der Waals surface area contributed by atoms with E-state index in [9.17, 15) is 33.7 Å². The van der Waals surface area contributed by atoms with Gasteiger partial charge in [-0.3, -0.25) is 18.2 Å². The molecule has 0 heterocycles. The molecule has 0 aromatic carbocycles. The minimum atomic E-state index is -3.66. The van der Waals surface area contributed by atoms with Gasteiger partial charge in [-0.15, -0.1) is 0 Å². The molecule has 0 aromatic rings. The van der Waals surface area contributed by atoms with E-state index in [1.165, 1.54) is 27.7 Å². The quantitative estimate of drug-likeness (QED) is 0.146. The first-order chi connectivity index (χ1) is 14.0. The maximum Gasteiger partial charge on any atom is 0.264 e. The number of aliphatic hydroxyl groups excluding tert-OH is 4. The van der Waals surface area contributed by atoms with Crippen molar-refractivity contribution in [2.24, 2.45) is 0 Å². The van der Waals surface area contributed by atoms with Gasteiger partial charge in [-0.25, -0.2) is 0 Å². The first kappa shape index (κ1) is 41.7. The molecule has 0 bridgehead atoms. The van der Waals surface area contributed by atoms with Crippen LogP contribution >= 0.6 is 0 Å². The molecule has 0 radical (unpaired) electrons. The summed E-state index contributed by atoms with van der Waals surface area (Å²) in [5.41, 5.74) is 0. The topological polar surface area (TPSA) is 298 Å². The minimum Gasteiger partial charge on any atom is -0.394 e. The summed E-state index contributed by atoms with van der Waals surface area (Å²) in [4.78, 5) is 0. The van der Waals surface area contributed by atoms with E-state index in [0.717, 1.165) is 0 Å². The number of rotatable bonds is 7. The Morgan fingerprint density at radius 3 is 0.594 bits per heavy atom. The van der Waals surface area contributed by atoms with E-state index in [4.69, 9.17) is 38.6 Å². The Kier molecular flexibility index (Phi) is 27.4. The zero-order chi connectivity index (χ0) is 27.4. The van der Waals surface area contributed by atoms with Gasteiger partial charge in [-0.05, 0) is 27.7 Å². The molecule has 0 aliphatic carbocycles. The van der Waals surface area contributed by atoms with Gasteiger partial charge in [0, 0.05) is 0 Å². The van der Waals surface area contributed by atoms with E-state index in [0.29, 0.717) is 0 Å². The van der Waals surface area contributed by atoms with Crippen molar-refractivity contribution in [3.05, 3.63) is 0 Å². The molecule has 0 amide bonds. The number of hydrogen-bond donors (Lipinski definition) is 8. The lowest BCUT2D eigenvalue weighted by Gasteiger charge is -2.10. The van der Waals surface area contributed by atoms with Gasteiger partial charge in [0.15, 0.2) is 0 Å². The van der Waals surface area contributed by atoms with Crippen molar-refractivity contribution in [1.29, 1.82) is 0 Å². The molecule has 2 atom stereocenters. The van der Waals surface area contributed by atoms with Crippen LogP contribution in [0.1, 0.15) is 27.7 Å². The van der Waals surface area contributed by atoms with Crippen LogP contribution in [0.3, 0.4) is 0 Å². The van der Waals surface area contributed by atoms with E-state index < -0.39 is 65.9 Å². The van der Waals surface area contributed by atoms with Gasteiger partial charge in [0.1, 0.15) is 12.2 Å². The molecule has 2 unspecified atom stereocenters. The van der Waals surface area contributed by atoms with Gasteiger partial charge in [-0.1, -0.05) is 0 Å². The van der Waals surface area contributed by atoms with Crippen molar-refractivity contribution in [2.45, 2.75) is 39.9 Å². The van der Waals surface area contributed by atoms with Crippen LogP contribution < -0.4 is 0 Å². The third kappa shape index (κ3) is 63.0. The van der Waals surface area contributed by atoms with Gasteiger partial charge >= 0.3 is 0 Å². The van der Waals surface area contributed by atoms with Crippen LogP contribution in [0.2, 0.25) is 0 Å². The summed E-state index contributed by atoms with van der Waals surface area (Å²) in [5.74, 6) is -0.806. The Morgan fingerprint density at radius 2 is 0.562 bits per heavy atom. The minimum absolute atomic E-state index is 0.201. The number of hydrogen-bond acceptors (Lipinski definition) is 12. The first-order valence-electron chi connectivity index (χ1n) is 8.35. The predicted octanol–water partition coefficient (Wildman–Crippen LogP) is -2.73. The molecule has 20 heteroatoms. The van der Waals surface area contributed by atoms with Crippen molar-refractivity contribution < 1.29 is 72.3 Å². The molecule has 202 valence electrons. The molecule has 0 aliphatic rings. The van der Waals surface area contributed by atoms with Crippen LogP contribution in [0.4, 0.5) is 0 Å². The SMILES string of the molecule is CCS(=O)(=O)O.CCS(=O)(=O)O.CCS(=O)(=O)O.CCS(=O)(=O)O.OCC(O)C(O)CO. The Labute approximate surface area is 188 Å². The lowest BCUT2D eigenvalue weighted by Crippen LogP contribution is -2.31. The molecule has 16 nitrogen and oxygen atoms in total. The van der Waals surface area contributed by atoms with E-state index in [2.05, 4.69) is 0 Å². The summed E-state index contributed by atoms with van der Waals surface area (Å²) in [5, 5.41) is 33.2. The highest BCUT2D eigenvalue weighted by molar-refractivity contribution is 7.86. The van der Waals surface area contributed by atoms with E-state index in [-0.39, 0.29) is 23.0 Å². The second-order valence-corrected chi connectivity index (χ2v) is 11.9. The Bertz CT molecular complexity index is 693. The lowest BCUT2D eigenvalue weighted by molar-refractivity contribution is -0.0388. The highest BCUT2D eigenvalue weighted by Crippen LogP contribution is 1.88. The van der Waals surface area contributed by atoms with Crippen LogP contribution in [0, 0.1) is 0 Å². The summed E-state index contributed by atoms with van der Waals surface area (Å²) in [7, 11) is -14.6. The Morgan fingerprint density at radius 1 is 0.469 bits per heavy atom. The smallest absolute Gasteiger partial charge is 0.264 e. The third-order valence-corrected chi connectivity index (χ3v) is 5.20. The fraction of sp³-hybridized carbons (Fsp3) is 1.00. The predicted molar refractivity (Wildman–Crippen MR) is 115 cm³/mol. The largest absolute Gasteiger partial charge is 0.394 e. The van der Waals surface area contributed by atoms with Crippen molar-refractivity contribution in [1.82, 2.24) is 0 Å². The second-order valence-electron chi connectivity index (χ2n) is 4.98. The summed E-state index contributed by atoms with van der Waals surface area (Å²) in [6.07, 6.45) is -2.44. The fourth-order valence-electron chi connectivity index (χ4n) is 0.243. The van der Waals surface area contributed by atoms with Gasteiger partial charge in [0.05, 0.1) is 36.2 Å². The van der Waals surface area contributed by atoms with Crippen molar-refractivity contribution in [2.75, 3.05) is 36.2 Å². The molecule has 0 saturated carbocycles. The zero-order valence-corrected chi connectivity index (χ0v) is 21.1. The van der Waals surface area contributed by atoms with E-state index >= 15 is 0 Å². The van der Waals surface area contributed by atoms with Crippen LogP contribution in [0.25, 0.3) is 0 Å². The second kappa shape index (κ2) is 21.0. The summed E-state index contributed by atoms with van der Waals surface area (Å²) in [6, 6.07) is 0. The van der Waals surface area contributed by atoms with Crippen LogP contribution in [-0.2, 0) is 40.5 Å². The maximum atomic E-state index is 9.56.